The highest BCUT2D eigenvalue weighted by Gasteiger charge is 2.04. The van der Waals surface area contributed by atoms with Gasteiger partial charge in [-0.05, 0) is 37.0 Å². The van der Waals surface area contributed by atoms with E-state index in [-0.39, 0.29) is 0 Å². The smallest absolute Gasteiger partial charge is 0.122 e. The first-order valence-corrected chi connectivity index (χ1v) is 7.07. The quantitative estimate of drug-likeness (QED) is 0.389. The van der Waals surface area contributed by atoms with E-state index in [0.717, 1.165) is 43.5 Å². The minimum absolute atomic E-state index is 0.592. The van der Waals surface area contributed by atoms with Crippen molar-refractivity contribution in [3.05, 3.63) is 35.4 Å². The van der Waals surface area contributed by atoms with E-state index in [1.807, 2.05) is 18.2 Å². The molecular weight excluding hydrogens is 252 g/mol. The molecule has 0 unspecified atom stereocenters. The molecule has 0 aliphatic rings. The van der Waals surface area contributed by atoms with Crippen molar-refractivity contribution in [2.75, 3.05) is 14.2 Å². The lowest BCUT2D eigenvalue weighted by atomic mass is 9.99. The fourth-order valence-corrected chi connectivity index (χ4v) is 2.17. The van der Waals surface area contributed by atoms with Crippen LogP contribution in [0.1, 0.15) is 38.2 Å². The number of allylic oxidation sites excluding steroid dienone is 2. The maximum absolute atomic E-state index is 10.4. The summed E-state index contributed by atoms with van der Waals surface area (Å²) in [7, 11) is 3.32. The Kier molecular flexibility index (Phi) is 7.48. The molecule has 0 saturated carbocycles. The summed E-state index contributed by atoms with van der Waals surface area (Å²) in [6.07, 6.45) is 7.60. The van der Waals surface area contributed by atoms with Crippen LogP contribution in [0.25, 0.3) is 0 Å². The van der Waals surface area contributed by atoms with Crippen molar-refractivity contribution in [2.24, 2.45) is 0 Å². The Bertz CT molecular complexity index is 427. The van der Waals surface area contributed by atoms with Crippen LogP contribution in [0, 0.1) is 0 Å². The second-order valence-corrected chi connectivity index (χ2v) is 4.75. The third kappa shape index (κ3) is 5.47. The Hall–Kier alpha value is -1.77. The van der Waals surface area contributed by atoms with E-state index in [9.17, 15) is 4.79 Å². The van der Waals surface area contributed by atoms with Gasteiger partial charge in [0.15, 0.2) is 0 Å². The van der Waals surface area contributed by atoms with E-state index < -0.39 is 0 Å². The molecule has 0 aliphatic heterocycles. The zero-order valence-corrected chi connectivity index (χ0v) is 12.6. The summed E-state index contributed by atoms with van der Waals surface area (Å²) >= 11 is 0. The van der Waals surface area contributed by atoms with Crippen molar-refractivity contribution in [3.63, 3.8) is 0 Å². The molecule has 20 heavy (non-hydrogen) atoms. The van der Waals surface area contributed by atoms with E-state index >= 15 is 0 Å². The van der Waals surface area contributed by atoms with Gasteiger partial charge in [0.2, 0.25) is 0 Å². The van der Waals surface area contributed by atoms with Gasteiger partial charge in [-0.3, -0.25) is 0 Å². The summed E-state index contributed by atoms with van der Waals surface area (Å²) in [6, 6.07) is 5.94. The molecule has 110 valence electrons. The molecule has 0 bridgehead atoms. The molecular formula is C17H24O3. The van der Waals surface area contributed by atoms with Crippen LogP contribution in [0.4, 0.5) is 0 Å². The predicted molar refractivity (Wildman–Crippen MR) is 81.5 cm³/mol. The van der Waals surface area contributed by atoms with Gasteiger partial charge in [-0.25, -0.2) is 0 Å². The van der Waals surface area contributed by atoms with Crippen molar-refractivity contribution >= 4 is 6.29 Å². The molecule has 0 atom stereocenters. The summed E-state index contributed by atoms with van der Waals surface area (Å²) in [6.45, 7) is 2.17. The number of ether oxygens (including phenoxy) is 2. The van der Waals surface area contributed by atoms with Crippen LogP contribution >= 0.6 is 0 Å². The van der Waals surface area contributed by atoms with Crippen LogP contribution in [0.2, 0.25) is 0 Å². The summed E-state index contributed by atoms with van der Waals surface area (Å²) in [4.78, 5) is 10.4. The first kappa shape index (κ1) is 16.3. The highest BCUT2D eigenvalue weighted by atomic mass is 16.5. The Morgan fingerprint density at radius 3 is 2.25 bits per heavy atom. The van der Waals surface area contributed by atoms with Crippen molar-refractivity contribution in [2.45, 2.75) is 39.0 Å². The second kappa shape index (κ2) is 9.18. The Balaban J connectivity index is 2.86. The molecule has 0 aromatic heterocycles. The fraction of sp³-hybridized carbons (Fsp3) is 0.471. The van der Waals surface area contributed by atoms with Gasteiger partial charge in [-0.1, -0.05) is 25.0 Å². The first-order chi connectivity index (χ1) is 9.73. The maximum Gasteiger partial charge on any atom is 0.122 e. The molecule has 0 amide bonds. The lowest BCUT2D eigenvalue weighted by Gasteiger charge is -2.10. The number of carbonyl (C=O) groups is 1. The molecule has 0 aliphatic carbocycles. The molecule has 0 saturated heterocycles. The van der Waals surface area contributed by atoms with Gasteiger partial charge in [0.05, 0.1) is 14.2 Å². The minimum atomic E-state index is 0.592. The summed E-state index contributed by atoms with van der Waals surface area (Å²) in [5.41, 5.74) is 2.54. The molecule has 1 aromatic rings. The second-order valence-electron chi connectivity index (χ2n) is 4.75. The third-order valence-electron chi connectivity index (χ3n) is 3.13. The topological polar surface area (TPSA) is 35.5 Å². The van der Waals surface area contributed by atoms with Crippen LogP contribution in [0.15, 0.2) is 29.8 Å². The van der Waals surface area contributed by atoms with Crippen LogP contribution in [0.5, 0.6) is 11.5 Å². The highest BCUT2D eigenvalue weighted by Crippen LogP contribution is 2.25. The van der Waals surface area contributed by atoms with Gasteiger partial charge >= 0.3 is 0 Å². The number of benzene rings is 1. The maximum atomic E-state index is 10.4. The molecule has 0 radical (unpaired) electrons. The van der Waals surface area contributed by atoms with Gasteiger partial charge in [0, 0.05) is 12.5 Å². The molecule has 3 nitrogen and oxygen atoms in total. The van der Waals surface area contributed by atoms with Crippen LogP contribution in [-0.2, 0) is 11.2 Å². The number of hydrogen-bond donors (Lipinski definition) is 0. The van der Waals surface area contributed by atoms with Gasteiger partial charge in [0.25, 0.3) is 0 Å². The SMILES string of the molecule is CCC/C(=C\CCC=O)Cc1cc(OC)cc(OC)c1. The van der Waals surface area contributed by atoms with Crippen LogP contribution < -0.4 is 9.47 Å². The molecule has 3 heteroatoms. The van der Waals surface area contributed by atoms with E-state index in [4.69, 9.17) is 9.47 Å². The minimum Gasteiger partial charge on any atom is -0.497 e. The number of hydrogen-bond acceptors (Lipinski definition) is 3. The lowest BCUT2D eigenvalue weighted by molar-refractivity contribution is -0.107. The standard InChI is InChI=1S/C17H24O3/c1-4-7-14(8-5-6-9-18)10-15-11-16(19-2)13-17(12-15)20-3/h8-9,11-13H,4-7,10H2,1-3H3/b14-8+. The molecule has 0 spiro atoms. The van der Waals surface area contributed by atoms with Crippen molar-refractivity contribution < 1.29 is 14.3 Å². The van der Waals surface area contributed by atoms with Crippen LogP contribution in [-0.4, -0.2) is 20.5 Å². The van der Waals surface area contributed by atoms with E-state index in [1.165, 1.54) is 11.1 Å². The zero-order chi connectivity index (χ0) is 14.8. The van der Waals surface area contributed by atoms with E-state index in [1.54, 1.807) is 14.2 Å². The van der Waals surface area contributed by atoms with Gasteiger partial charge in [-0.15, -0.1) is 0 Å². The number of methoxy groups -OCH3 is 2. The fourth-order valence-electron chi connectivity index (χ4n) is 2.17. The molecule has 1 rings (SSSR count). The Morgan fingerprint density at radius 2 is 1.75 bits per heavy atom. The molecule has 0 N–H and O–H groups in total. The lowest BCUT2D eigenvalue weighted by Crippen LogP contribution is -1.95. The summed E-state index contributed by atoms with van der Waals surface area (Å²) in [5, 5.41) is 0. The molecule has 1 aromatic carbocycles. The van der Waals surface area contributed by atoms with Crippen molar-refractivity contribution in [1.29, 1.82) is 0 Å². The van der Waals surface area contributed by atoms with Gasteiger partial charge < -0.3 is 14.3 Å². The molecule has 0 fully saturated rings. The number of rotatable bonds is 9. The third-order valence-corrected chi connectivity index (χ3v) is 3.13. The van der Waals surface area contributed by atoms with Crippen LogP contribution in [0.3, 0.4) is 0 Å². The van der Waals surface area contributed by atoms with Gasteiger partial charge in [0.1, 0.15) is 17.8 Å². The summed E-state index contributed by atoms with van der Waals surface area (Å²) < 4.78 is 10.6. The normalized spacial score (nSPS) is 11.2. The largest absolute Gasteiger partial charge is 0.497 e. The number of aldehydes is 1. The summed E-state index contributed by atoms with van der Waals surface area (Å²) in [5.74, 6) is 1.62. The van der Waals surface area contributed by atoms with E-state index in [0.29, 0.717) is 6.42 Å². The first-order valence-electron chi connectivity index (χ1n) is 7.07. The Morgan fingerprint density at radius 1 is 1.10 bits per heavy atom. The number of carbonyl (C=O) groups excluding carboxylic acids is 1. The molecule has 0 heterocycles. The van der Waals surface area contributed by atoms with E-state index in [2.05, 4.69) is 13.0 Å². The monoisotopic (exact) mass is 276 g/mol. The van der Waals surface area contributed by atoms with Crippen molar-refractivity contribution in [3.8, 4) is 11.5 Å². The number of unbranched alkanes of at least 4 members (excludes halogenated alkanes) is 1. The van der Waals surface area contributed by atoms with Gasteiger partial charge in [-0.2, -0.15) is 0 Å². The Labute approximate surface area is 121 Å². The predicted octanol–water partition coefficient (Wildman–Crippen LogP) is 3.95. The van der Waals surface area contributed by atoms with Crippen molar-refractivity contribution in [1.82, 2.24) is 0 Å². The zero-order valence-electron chi connectivity index (χ0n) is 12.6. The average molecular weight is 276 g/mol. The highest BCUT2D eigenvalue weighted by molar-refractivity contribution is 5.49. The average Bonchev–Trinajstić information content (AvgIpc) is 2.47.